The summed E-state index contributed by atoms with van der Waals surface area (Å²) in [4.78, 5) is 22.5. The van der Waals surface area contributed by atoms with Gasteiger partial charge in [0.15, 0.2) is 0 Å². The Morgan fingerprint density at radius 1 is 1.30 bits per heavy atom. The van der Waals surface area contributed by atoms with Crippen LogP contribution < -0.4 is 15.8 Å². The van der Waals surface area contributed by atoms with Crippen molar-refractivity contribution in [2.45, 2.75) is 38.1 Å². The standard InChI is InChI=1S/C11H21N3O5S/c12-20(18,19)6-2-5-13-11(17)14-9-4-1-3-8(7-9)10(15)16/h8-9H,1-7H2,(H,15,16)(H2,12,18,19)(H2,13,14,17). The van der Waals surface area contributed by atoms with E-state index in [0.29, 0.717) is 12.8 Å². The minimum atomic E-state index is -3.50. The van der Waals surface area contributed by atoms with E-state index >= 15 is 0 Å². The summed E-state index contributed by atoms with van der Waals surface area (Å²) in [5.74, 6) is -1.42. The molecule has 1 aliphatic carbocycles. The van der Waals surface area contributed by atoms with E-state index in [1.807, 2.05) is 0 Å². The SMILES string of the molecule is NS(=O)(=O)CCCNC(=O)NC1CCCC(C(=O)O)C1. The smallest absolute Gasteiger partial charge is 0.315 e. The molecule has 1 aliphatic rings. The summed E-state index contributed by atoms with van der Waals surface area (Å²) in [7, 11) is -3.50. The first kappa shape index (κ1) is 16.7. The first-order valence-corrected chi connectivity index (χ1v) is 8.27. The lowest BCUT2D eigenvalue weighted by molar-refractivity contribution is -0.143. The van der Waals surface area contributed by atoms with Crippen LogP contribution in [-0.2, 0) is 14.8 Å². The third-order valence-electron chi connectivity index (χ3n) is 3.25. The molecule has 1 saturated carbocycles. The summed E-state index contributed by atoms with van der Waals surface area (Å²) in [5.41, 5.74) is 0. The Morgan fingerprint density at radius 2 is 2.00 bits per heavy atom. The normalized spacial score (nSPS) is 23.1. The molecule has 2 unspecified atom stereocenters. The molecule has 1 fully saturated rings. The number of hydrogen-bond acceptors (Lipinski definition) is 4. The van der Waals surface area contributed by atoms with Crippen LogP contribution in [0.15, 0.2) is 0 Å². The van der Waals surface area contributed by atoms with Crippen molar-refractivity contribution in [2.24, 2.45) is 11.1 Å². The molecule has 0 bridgehead atoms. The van der Waals surface area contributed by atoms with Crippen LogP contribution in [0.5, 0.6) is 0 Å². The zero-order valence-corrected chi connectivity index (χ0v) is 12.0. The highest BCUT2D eigenvalue weighted by Gasteiger charge is 2.27. The van der Waals surface area contributed by atoms with Gasteiger partial charge in [0, 0.05) is 12.6 Å². The number of carbonyl (C=O) groups excluding carboxylic acids is 1. The average molecular weight is 307 g/mol. The number of nitrogens with one attached hydrogen (secondary N) is 2. The minimum Gasteiger partial charge on any atom is -0.481 e. The molecule has 0 aromatic carbocycles. The van der Waals surface area contributed by atoms with Crippen molar-refractivity contribution in [2.75, 3.05) is 12.3 Å². The summed E-state index contributed by atoms with van der Waals surface area (Å²) in [5, 5.41) is 19.0. The van der Waals surface area contributed by atoms with Crippen LogP contribution in [0.1, 0.15) is 32.1 Å². The van der Waals surface area contributed by atoms with E-state index in [9.17, 15) is 18.0 Å². The fraction of sp³-hybridized carbons (Fsp3) is 0.818. The number of primary sulfonamides is 1. The molecule has 2 atom stereocenters. The van der Waals surface area contributed by atoms with Gasteiger partial charge in [-0.3, -0.25) is 4.79 Å². The molecule has 0 radical (unpaired) electrons. The second-order valence-electron chi connectivity index (χ2n) is 5.02. The van der Waals surface area contributed by atoms with Crippen molar-refractivity contribution in [1.29, 1.82) is 0 Å². The lowest BCUT2D eigenvalue weighted by Crippen LogP contribution is -2.45. The maximum atomic E-state index is 11.6. The molecule has 0 aliphatic heterocycles. The van der Waals surface area contributed by atoms with Gasteiger partial charge >= 0.3 is 12.0 Å². The molecule has 0 saturated heterocycles. The Kier molecular flexibility index (Phi) is 6.21. The molecule has 0 spiro atoms. The number of nitrogens with two attached hydrogens (primary N) is 1. The van der Waals surface area contributed by atoms with Crippen LogP contribution in [0.2, 0.25) is 0 Å². The zero-order valence-electron chi connectivity index (χ0n) is 11.2. The number of hydrogen-bond donors (Lipinski definition) is 4. The van der Waals surface area contributed by atoms with Crippen LogP contribution in [0.4, 0.5) is 4.79 Å². The Labute approximate surface area is 118 Å². The van der Waals surface area contributed by atoms with Gasteiger partial charge in [0.2, 0.25) is 10.0 Å². The van der Waals surface area contributed by atoms with Gasteiger partial charge in [-0.15, -0.1) is 0 Å². The van der Waals surface area contributed by atoms with Crippen molar-refractivity contribution in [3.63, 3.8) is 0 Å². The van der Waals surface area contributed by atoms with Crippen molar-refractivity contribution in [3.8, 4) is 0 Å². The molecule has 8 nitrogen and oxygen atoms in total. The van der Waals surface area contributed by atoms with Gasteiger partial charge in [-0.25, -0.2) is 18.4 Å². The fourth-order valence-corrected chi connectivity index (χ4v) is 2.80. The first-order chi connectivity index (χ1) is 9.28. The first-order valence-electron chi connectivity index (χ1n) is 6.55. The van der Waals surface area contributed by atoms with Gasteiger partial charge in [-0.05, 0) is 25.7 Å². The second kappa shape index (κ2) is 7.44. The number of urea groups is 1. The van der Waals surface area contributed by atoms with Gasteiger partial charge in [0.1, 0.15) is 0 Å². The number of aliphatic carboxylic acids is 1. The van der Waals surface area contributed by atoms with Crippen LogP contribution in [0.3, 0.4) is 0 Å². The molecule has 20 heavy (non-hydrogen) atoms. The number of sulfonamides is 1. The Morgan fingerprint density at radius 3 is 2.60 bits per heavy atom. The predicted molar refractivity (Wildman–Crippen MR) is 72.5 cm³/mol. The minimum absolute atomic E-state index is 0.150. The lowest BCUT2D eigenvalue weighted by Gasteiger charge is -2.27. The van der Waals surface area contributed by atoms with Crippen molar-refractivity contribution >= 4 is 22.0 Å². The van der Waals surface area contributed by atoms with E-state index in [-0.39, 0.29) is 24.8 Å². The third-order valence-corrected chi connectivity index (χ3v) is 4.11. The van der Waals surface area contributed by atoms with Crippen LogP contribution in [-0.4, -0.2) is 43.9 Å². The van der Waals surface area contributed by atoms with Gasteiger partial charge in [-0.2, -0.15) is 0 Å². The van der Waals surface area contributed by atoms with Crippen molar-refractivity contribution in [1.82, 2.24) is 10.6 Å². The van der Waals surface area contributed by atoms with E-state index in [0.717, 1.165) is 12.8 Å². The van der Waals surface area contributed by atoms with Gasteiger partial charge in [0.05, 0.1) is 11.7 Å². The van der Waals surface area contributed by atoms with E-state index in [4.69, 9.17) is 10.2 Å². The molecule has 2 amide bonds. The summed E-state index contributed by atoms with van der Waals surface area (Å²) in [6, 6.07) is -0.557. The molecule has 9 heteroatoms. The number of rotatable bonds is 6. The van der Waals surface area contributed by atoms with Crippen LogP contribution in [0, 0.1) is 5.92 Å². The van der Waals surface area contributed by atoms with Gasteiger partial charge in [0.25, 0.3) is 0 Å². The van der Waals surface area contributed by atoms with E-state index in [1.54, 1.807) is 0 Å². The molecule has 5 N–H and O–H groups in total. The van der Waals surface area contributed by atoms with Crippen molar-refractivity contribution < 1.29 is 23.1 Å². The van der Waals surface area contributed by atoms with Gasteiger partial charge in [-0.1, -0.05) is 6.42 Å². The Hall–Kier alpha value is -1.35. The predicted octanol–water partition coefficient (Wildman–Crippen LogP) is -0.392. The Bertz CT molecular complexity index is 451. The van der Waals surface area contributed by atoms with E-state index < -0.39 is 27.9 Å². The fourth-order valence-electron chi connectivity index (χ4n) is 2.26. The quantitative estimate of drug-likeness (QED) is 0.495. The summed E-state index contributed by atoms with van der Waals surface area (Å²) in [6.45, 7) is 0.206. The molecular formula is C11H21N3O5S. The second-order valence-corrected chi connectivity index (χ2v) is 6.75. The zero-order chi connectivity index (χ0) is 15.2. The topological polar surface area (TPSA) is 139 Å². The highest BCUT2D eigenvalue weighted by atomic mass is 32.2. The summed E-state index contributed by atoms with van der Waals surface area (Å²) in [6.07, 6.45) is 2.85. The summed E-state index contributed by atoms with van der Waals surface area (Å²) >= 11 is 0. The number of carboxylic acid groups (broad SMARTS) is 1. The molecule has 0 aromatic heterocycles. The van der Waals surface area contributed by atoms with Crippen molar-refractivity contribution in [3.05, 3.63) is 0 Å². The molecular weight excluding hydrogens is 286 g/mol. The van der Waals surface area contributed by atoms with E-state index in [2.05, 4.69) is 10.6 Å². The summed E-state index contributed by atoms with van der Waals surface area (Å²) < 4.78 is 21.4. The maximum absolute atomic E-state index is 11.6. The number of carbonyl (C=O) groups is 2. The highest BCUT2D eigenvalue weighted by molar-refractivity contribution is 7.89. The lowest BCUT2D eigenvalue weighted by atomic mass is 9.86. The molecule has 0 aromatic rings. The average Bonchev–Trinajstić information content (AvgIpc) is 2.34. The number of amides is 2. The third kappa shape index (κ3) is 6.71. The number of carboxylic acids is 1. The monoisotopic (exact) mass is 307 g/mol. The Balaban J connectivity index is 2.23. The molecule has 0 heterocycles. The van der Waals surface area contributed by atoms with E-state index in [1.165, 1.54) is 0 Å². The maximum Gasteiger partial charge on any atom is 0.315 e. The highest BCUT2D eigenvalue weighted by Crippen LogP contribution is 2.24. The molecule has 116 valence electrons. The van der Waals surface area contributed by atoms with Crippen LogP contribution >= 0.6 is 0 Å². The van der Waals surface area contributed by atoms with Crippen LogP contribution in [0.25, 0.3) is 0 Å². The van der Waals surface area contributed by atoms with Gasteiger partial charge < -0.3 is 15.7 Å². The largest absolute Gasteiger partial charge is 0.481 e. The molecule has 1 rings (SSSR count).